The first-order chi connectivity index (χ1) is 14.6. The maximum Gasteiger partial charge on any atom is 0.258 e. The number of anilines is 1. The lowest BCUT2D eigenvalue weighted by Crippen LogP contribution is -2.46. The minimum atomic E-state index is -0.0387. The van der Waals surface area contributed by atoms with Crippen molar-refractivity contribution in [3.05, 3.63) is 63.5 Å². The fourth-order valence-electron chi connectivity index (χ4n) is 3.48. The molecule has 0 radical (unpaired) electrons. The minimum Gasteiger partial charge on any atom is -0.326 e. The van der Waals surface area contributed by atoms with Crippen molar-refractivity contribution >= 4 is 27.9 Å². The highest BCUT2D eigenvalue weighted by Crippen LogP contribution is 2.12. The van der Waals surface area contributed by atoms with Crippen molar-refractivity contribution in [3.63, 3.8) is 0 Å². The molecular formula is C21H22N6O2S. The maximum atomic E-state index is 12.2. The van der Waals surface area contributed by atoms with Gasteiger partial charge < -0.3 is 10.2 Å². The molecule has 9 heteroatoms. The zero-order valence-corrected chi connectivity index (χ0v) is 17.3. The molecule has 4 rings (SSSR count). The highest BCUT2D eigenvalue weighted by atomic mass is 32.1. The number of nitrogens with one attached hydrogen (secondary N) is 1. The van der Waals surface area contributed by atoms with Crippen LogP contribution in [0.2, 0.25) is 0 Å². The highest BCUT2D eigenvalue weighted by Gasteiger charge is 2.18. The van der Waals surface area contributed by atoms with Gasteiger partial charge in [0.15, 0.2) is 4.96 Å². The molecule has 1 aliphatic rings. The Bertz CT molecular complexity index is 1120. The second-order valence-corrected chi connectivity index (χ2v) is 8.12. The van der Waals surface area contributed by atoms with E-state index in [2.05, 4.69) is 26.2 Å². The zero-order valence-electron chi connectivity index (χ0n) is 16.5. The molecular weight excluding hydrogens is 400 g/mol. The Morgan fingerprint density at radius 1 is 1.17 bits per heavy atom. The molecule has 0 spiro atoms. The summed E-state index contributed by atoms with van der Waals surface area (Å²) in [6.45, 7) is 4.88. The van der Waals surface area contributed by atoms with Gasteiger partial charge in [0, 0.05) is 69.0 Å². The summed E-state index contributed by atoms with van der Waals surface area (Å²) >= 11 is 1.46. The lowest BCUT2D eigenvalue weighted by atomic mass is 10.2. The predicted octanol–water partition coefficient (Wildman–Crippen LogP) is 1.77. The smallest absolute Gasteiger partial charge is 0.258 e. The molecule has 0 atom stereocenters. The Labute approximate surface area is 178 Å². The summed E-state index contributed by atoms with van der Waals surface area (Å²) in [5.74, 6) is -0.0314. The second kappa shape index (κ2) is 9.17. The predicted molar refractivity (Wildman–Crippen MR) is 115 cm³/mol. The number of carbonyl (C=O) groups excluding carboxylic acids is 1. The van der Waals surface area contributed by atoms with Crippen LogP contribution >= 0.6 is 11.3 Å². The number of amides is 1. The first kappa shape index (κ1) is 20.2. The van der Waals surface area contributed by atoms with Gasteiger partial charge in [-0.05, 0) is 24.3 Å². The van der Waals surface area contributed by atoms with Gasteiger partial charge in [-0.1, -0.05) is 0 Å². The summed E-state index contributed by atoms with van der Waals surface area (Å²) in [5.41, 5.74) is 2.04. The molecule has 1 saturated heterocycles. The Kier molecular flexibility index (Phi) is 6.18. The van der Waals surface area contributed by atoms with Crippen LogP contribution in [0.25, 0.3) is 4.96 Å². The molecule has 0 bridgehead atoms. The molecule has 1 amide bonds. The van der Waals surface area contributed by atoms with E-state index in [-0.39, 0.29) is 11.5 Å². The molecule has 1 fully saturated rings. The number of hydrogen-bond acceptors (Lipinski definition) is 7. The summed E-state index contributed by atoms with van der Waals surface area (Å²) in [6, 6.07) is 10.5. The molecule has 3 aromatic rings. The van der Waals surface area contributed by atoms with E-state index in [0.29, 0.717) is 30.8 Å². The number of rotatable bonds is 6. The van der Waals surface area contributed by atoms with Crippen molar-refractivity contribution in [2.45, 2.75) is 13.0 Å². The van der Waals surface area contributed by atoms with Crippen molar-refractivity contribution in [2.24, 2.45) is 0 Å². The molecule has 0 aliphatic carbocycles. The van der Waals surface area contributed by atoms with Gasteiger partial charge in [0.2, 0.25) is 5.91 Å². The average Bonchev–Trinajstić information content (AvgIpc) is 3.23. The van der Waals surface area contributed by atoms with Crippen LogP contribution in [0, 0.1) is 11.3 Å². The molecule has 8 nitrogen and oxygen atoms in total. The van der Waals surface area contributed by atoms with Crippen LogP contribution in [-0.4, -0.2) is 57.8 Å². The fraction of sp³-hybridized carbons (Fsp3) is 0.333. The van der Waals surface area contributed by atoms with Crippen LogP contribution in [0.5, 0.6) is 0 Å². The van der Waals surface area contributed by atoms with Crippen LogP contribution in [0.3, 0.4) is 0 Å². The van der Waals surface area contributed by atoms with Crippen molar-refractivity contribution in [1.82, 2.24) is 19.2 Å². The summed E-state index contributed by atoms with van der Waals surface area (Å²) in [6.07, 6.45) is 2.17. The van der Waals surface area contributed by atoms with E-state index < -0.39 is 0 Å². The first-order valence-corrected chi connectivity index (χ1v) is 10.7. The monoisotopic (exact) mass is 422 g/mol. The summed E-state index contributed by atoms with van der Waals surface area (Å²) in [7, 11) is 0. The highest BCUT2D eigenvalue weighted by molar-refractivity contribution is 7.15. The SMILES string of the molecule is N#Cc1ccc(NC(=O)CCN2CCN(Cc3cc(=O)n4ccsc4n3)CC2)cc1. The van der Waals surface area contributed by atoms with E-state index in [1.807, 2.05) is 5.38 Å². The molecule has 1 aliphatic heterocycles. The number of benzene rings is 1. The number of nitriles is 1. The molecule has 2 aromatic heterocycles. The van der Waals surface area contributed by atoms with Crippen LogP contribution in [0.15, 0.2) is 46.7 Å². The summed E-state index contributed by atoms with van der Waals surface area (Å²) in [5, 5.41) is 13.6. The van der Waals surface area contributed by atoms with Gasteiger partial charge in [-0.15, -0.1) is 11.3 Å². The van der Waals surface area contributed by atoms with Gasteiger partial charge in [-0.25, -0.2) is 4.98 Å². The number of nitrogens with zero attached hydrogens (tertiary/aromatic N) is 5. The Balaban J connectivity index is 1.21. The zero-order chi connectivity index (χ0) is 20.9. The van der Waals surface area contributed by atoms with Gasteiger partial charge in [-0.3, -0.25) is 18.9 Å². The lowest BCUT2D eigenvalue weighted by molar-refractivity contribution is -0.116. The second-order valence-electron chi connectivity index (χ2n) is 7.25. The molecule has 1 aromatic carbocycles. The Morgan fingerprint density at radius 2 is 1.90 bits per heavy atom. The van der Waals surface area contributed by atoms with Crippen molar-refractivity contribution in [3.8, 4) is 6.07 Å². The van der Waals surface area contributed by atoms with E-state index >= 15 is 0 Å². The van der Waals surface area contributed by atoms with Crippen LogP contribution in [0.4, 0.5) is 5.69 Å². The summed E-state index contributed by atoms with van der Waals surface area (Å²) in [4.78, 5) is 34.2. The minimum absolute atomic E-state index is 0.0314. The molecule has 1 N–H and O–H groups in total. The van der Waals surface area contributed by atoms with Gasteiger partial charge in [-0.2, -0.15) is 5.26 Å². The topological polar surface area (TPSA) is 93.7 Å². The Hall–Kier alpha value is -3.06. The first-order valence-electron chi connectivity index (χ1n) is 9.81. The van der Waals surface area contributed by atoms with E-state index in [0.717, 1.165) is 36.8 Å². The third kappa shape index (κ3) is 4.91. The standard InChI is InChI=1S/C21H22N6O2S/c22-14-16-1-3-17(4-2-16)23-19(28)5-6-25-7-9-26(10-8-25)15-18-13-20(29)27-11-12-30-21(27)24-18/h1-4,11-13H,5-10,15H2,(H,23,28). The fourth-order valence-corrected chi connectivity index (χ4v) is 4.22. The van der Waals surface area contributed by atoms with Gasteiger partial charge in [0.25, 0.3) is 5.56 Å². The number of thiazole rings is 1. The molecule has 3 heterocycles. The maximum absolute atomic E-state index is 12.2. The number of fused-ring (bicyclic) bond motifs is 1. The van der Waals surface area contributed by atoms with Gasteiger partial charge >= 0.3 is 0 Å². The van der Waals surface area contributed by atoms with Crippen molar-refractivity contribution in [1.29, 1.82) is 5.26 Å². The van der Waals surface area contributed by atoms with E-state index in [4.69, 9.17) is 5.26 Å². The molecule has 30 heavy (non-hydrogen) atoms. The molecule has 0 unspecified atom stereocenters. The average molecular weight is 423 g/mol. The van der Waals surface area contributed by atoms with Gasteiger partial charge in [0.1, 0.15) is 0 Å². The summed E-state index contributed by atoms with van der Waals surface area (Å²) < 4.78 is 1.56. The number of carbonyl (C=O) groups is 1. The third-order valence-electron chi connectivity index (χ3n) is 5.16. The third-order valence-corrected chi connectivity index (χ3v) is 5.92. The normalized spacial score (nSPS) is 15.2. The molecule has 154 valence electrons. The van der Waals surface area contributed by atoms with E-state index in [9.17, 15) is 9.59 Å². The quantitative estimate of drug-likeness (QED) is 0.651. The number of hydrogen-bond donors (Lipinski definition) is 1. The van der Waals surface area contributed by atoms with Crippen LogP contribution in [-0.2, 0) is 11.3 Å². The van der Waals surface area contributed by atoms with E-state index in [1.165, 1.54) is 11.3 Å². The van der Waals surface area contributed by atoms with Gasteiger partial charge in [0.05, 0.1) is 17.3 Å². The van der Waals surface area contributed by atoms with Crippen LogP contribution < -0.4 is 10.9 Å². The molecule has 0 saturated carbocycles. The lowest BCUT2D eigenvalue weighted by Gasteiger charge is -2.34. The van der Waals surface area contributed by atoms with Crippen molar-refractivity contribution in [2.75, 3.05) is 38.0 Å². The van der Waals surface area contributed by atoms with Crippen molar-refractivity contribution < 1.29 is 4.79 Å². The van der Waals surface area contributed by atoms with E-state index in [1.54, 1.807) is 40.9 Å². The van der Waals surface area contributed by atoms with Crippen LogP contribution in [0.1, 0.15) is 17.7 Å². The number of piperazine rings is 1. The Morgan fingerprint density at radius 3 is 2.63 bits per heavy atom. The largest absolute Gasteiger partial charge is 0.326 e. The number of aromatic nitrogens is 2.